The Morgan fingerprint density at radius 1 is 1.23 bits per heavy atom. The van der Waals surface area contributed by atoms with E-state index in [1.807, 2.05) is 35.4 Å². The zero-order valence-electron chi connectivity index (χ0n) is 12.5. The van der Waals surface area contributed by atoms with Crippen LogP contribution in [0.1, 0.15) is 18.5 Å². The number of carbonyl (C=O) groups is 1. The predicted octanol–water partition coefficient (Wildman–Crippen LogP) is 2.48. The third-order valence-electron chi connectivity index (χ3n) is 4.68. The Balaban J connectivity index is 1.52. The van der Waals surface area contributed by atoms with E-state index >= 15 is 0 Å². The Kier molecular flexibility index (Phi) is 3.14. The van der Waals surface area contributed by atoms with Crippen LogP contribution in [0.4, 0.5) is 11.5 Å². The second kappa shape index (κ2) is 5.05. The van der Waals surface area contributed by atoms with Gasteiger partial charge in [0, 0.05) is 36.9 Å². The molecule has 6 heteroatoms. The number of nitrogens with zero attached hydrogens (tertiary/aromatic N) is 4. The van der Waals surface area contributed by atoms with Crippen LogP contribution in [0.3, 0.4) is 0 Å². The van der Waals surface area contributed by atoms with Crippen LogP contribution in [-0.2, 0) is 4.79 Å². The van der Waals surface area contributed by atoms with Crippen LogP contribution >= 0.6 is 11.3 Å². The van der Waals surface area contributed by atoms with Gasteiger partial charge in [-0.25, -0.2) is 0 Å². The van der Waals surface area contributed by atoms with Crippen molar-refractivity contribution in [1.82, 2.24) is 10.2 Å². The van der Waals surface area contributed by atoms with Crippen LogP contribution in [0.2, 0.25) is 0 Å². The molecular formula is C16H18N4OS. The van der Waals surface area contributed by atoms with Gasteiger partial charge in [0.25, 0.3) is 0 Å². The van der Waals surface area contributed by atoms with Crippen molar-refractivity contribution in [2.75, 3.05) is 29.4 Å². The van der Waals surface area contributed by atoms with Gasteiger partial charge in [0.2, 0.25) is 5.91 Å². The molecule has 0 N–H and O–H groups in total. The number of aromatic nitrogens is 2. The second-order valence-electron chi connectivity index (χ2n) is 6.34. The highest BCUT2D eigenvalue weighted by molar-refractivity contribution is 7.08. The van der Waals surface area contributed by atoms with Crippen molar-refractivity contribution >= 4 is 28.7 Å². The molecule has 2 saturated heterocycles. The van der Waals surface area contributed by atoms with E-state index in [1.54, 1.807) is 11.3 Å². The average Bonchev–Trinajstić information content (AvgIpc) is 3.21. The van der Waals surface area contributed by atoms with Gasteiger partial charge in [-0.15, -0.1) is 5.10 Å². The number of aryl methyl sites for hydroxylation is 1. The van der Waals surface area contributed by atoms with Gasteiger partial charge in [0.05, 0.1) is 11.4 Å². The Morgan fingerprint density at radius 3 is 2.86 bits per heavy atom. The van der Waals surface area contributed by atoms with Crippen molar-refractivity contribution in [1.29, 1.82) is 0 Å². The first kappa shape index (κ1) is 13.7. The molecule has 1 spiro atoms. The highest BCUT2D eigenvalue weighted by Gasteiger charge is 2.48. The van der Waals surface area contributed by atoms with Crippen LogP contribution in [0.25, 0.3) is 0 Å². The van der Waals surface area contributed by atoms with Gasteiger partial charge >= 0.3 is 0 Å². The lowest BCUT2D eigenvalue weighted by Crippen LogP contribution is -2.31. The number of amides is 1. The van der Waals surface area contributed by atoms with Crippen molar-refractivity contribution in [3.63, 3.8) is 0 Å². The molecular weight excluding hydrogens is 296 g/mol. The fourth-order valence-electron chi connectivity index (χ4n) is 3.51. The third kappa shape index (κ3) is 2.27. The summed E-state index contributed by atoms with van der Waals surface area (Å²) in [5, 5.41) is 12.5. The summed E-state index contributed by atoms with van der Waals surface area (Å²) in [7, 11) is 0. The maximum Gasteiger partial charge on any atom is 0.227 e. The number of rotatable bonds is 2. The van der Waals surface area contributed by atoms with Crippen molar-refractivity contribution in [2.45, 2.75) is 19.8 Å². The zero-order valence-corrected chi connectivity index (χ0v) is 13.3. The molecule has 1 amide bonds. The average molecular weight is 314 g/mol. The molecule has 0 radical (unpaired) electrons. The number of thiophene rings is 1. The Bertz CT molecular complexity index is 685. The Hall–Kier alpha value is -1.95. The van der Waals surface area contributed by atoms with Crippen molar-refractivity contribution in [3.8, 4) is 0 Å². The first-order valence-electron chi connectivity index (χ1n) is 7.53. The maximum atomic E-state index is 12.4. The quantitative estimate of drug-likeness (QED) is 0.854. The van der Waals surface area contributed by atoms with Crippen LogP contribution < -0.4 is 9.80 Å². The molecule has 2 fully saturated rings. The van der Waals surface area contributed by atoms with E-state index in [0.29, 0.717) is 6.42 Å². The molecule has 5 nitrogen and oxygen atoms in total. The molecule has 4 rings (SSSR count). The summed E-state index contributed by atoms with van der Waals surface area (Å²) in [6.07, 6.45) is 1.67. The summed E-state index contributed by atoms with van der Waals surface area (Å²) in [4.78, 5) is 16.6. The Morgan fingerprint density at radius 2 is 2.14 bits per heavy atom. The lowest BCUT2D eigenvalue weighted by molar-refractivity contribution is -0.117. The number of hydrogen-bond donors (Lipinski definition) is 0. The van der Waals surface area contributed by atoms with Gasteiger partial charge in [-0.05, 0) is 36.9 Å². The normalized spacial score (nSPS) is 24.7. The highest BCUT2D eigenvalue weighted by atomic mass is 32.1. The van der Waals surface area contributed by atoms with Gasteiger partial charge in [0.1, 0.15) is 0 Å². The van der Waals surface area contributed by atoms with E-state index < -0.39 is 0 Å². The fourth-order valence-corrected chi connectivity index (χ4v) is 4.15. The minimum absolute atomic E-state index is 0.0611. The first-order valence-corrected chi connectivity index (χ1v) is 8.47. The van der Waals surface area contributed by atoms with E-state index in [4.69, 9.17) is 0 Å². The van der Waals surface area contributed by atoms with Crippen LogP contribution in [0.15, 0.2) is 29.0 Å². The van der Waals surface area contributed by atoms with Crippen LogP contribution in [0, 0.1) is 12.3 Å². The van der Waals surface area contributed by atoms with E-state index in [-0.39, 0.29) is 11.3 Å². The van der Waals surface area contributed by atoms with Gasteiger partial charge in [-0.3, -0.25) is 4.79 Å². The Labute approximate surface area is 133 Å². The lowest BCUT2D eigenvalue weighted by Gasteiger charge is -2.24. The first-order chi connectivity index (χ1) is 10.7. The van der Waals surface area contributed by atoms with E-state index in [1.165, 1.54) is 0 Å². The monoisotopic (exact) mass is 314 g/mol. The summed E-state index contributed by atoms with van der Waals surface area (Å²) in [6.45, 7) is 4.59. The summed E-state index contributed by atoms with van der Waals surface area (Å²) in [6, 6.07) is 6.04. The van der Waals surface area contributed by atoms with E-state index in [2.05, 4.69) is 20.5 Å². The number of anilines is 2. The summed E-state index contributed by atoms with van der Waals surface area (Å²) in [5.41, 5.74) is 2.03. The molecule has 22 heavy (non-hydrogen) atoms. The SMILES string of the molecule is Cc1ccc(N2CCC3(CC(=O)N(c4ccsc4)C3)C2)nn1. The molecule has 4 heterocycles. The van der Waals surface area contributed by atoms with Crippen molar-refractivity contribution < 1.29 is 4.79 Å². The predicted molar refractivity (Wildman–Crippen MR) is 87.3 cm³/mol. The molecule has 0 aromatic carbocycles. The maximum absolute atomic E-state index is 12.4. The van der Waals surface area contributed by atoms with Gasteiger partial charge in [-0.1, -0.05) is 0 Å². The number of hydrogen-bond acceptors (Lipinski definition) is 5. The molecule has 2 aliphatic rings. The third-order valence-corrected chi connectivity index (χ3v) is 5.36. The van der Waals surface area contributed by atoms with Crippen molar-refractivity contribution in [2.24, 2.45) is 5.41 Å². The second-order valence-corrected chi connectivity index (χ2v) is 7.12. The summed E-state index contributed by atoms with van der Waals surface area (Å²) >= 11 is 1.64. The molecule has 0 saturated carbocycles. The van der Waals surface area contributed by atoms with E-state index in [0.717, 1.165) is 43.3 Å². The van der Waals surface area contributed by atoms with Crippen LogP contribution in [-0.4, -0.2) is 35.7 Å². The summed E-state index contributed by atoms with van der Waals surface area (Å²) in [5.74, 6) is 1.17. The smallest absolute Gasteiger partial charge is 0.227 e. The fraction of sp³-hybridized carbons (Fsp3) is 0.438. The molecule has 1 atom stereocenters. The molecule has 0 aliphatic carbocycles. The number of carbonyl (C=O) groups excluding carboxylic acids is 1. The highest BCUT2D eigenvalue weighted by Crippen LogP contribution is 2.43. The summed E-state index contributed by atoms with van der Waals surface area (Å²) < 4.78 is 0. The molecule has 2 aromatic heterocycles. The minimum atomic E-state index is 0.0611. The lowest BCUT2D eigenvalue weighted by atomic mass is 9.86. The molecule has 2 aliphatic heterocycles. The van der Waals surface area contributed by atoms with Gasteiger partial charge in [-0.2, -0.15) is 16.4 Å². The van der Waals surface area contributed by atoms with Gasteiger partial charge < -0.3 is 9.80 Å². The standard InChI is InChI=1S/C16H18N4OS/c1-12-2-3-14(18-17-12)19-6-5-16(10-19)8-15(21)20(11-16)13-4-7-22-9-13/h2-4,7,9H,5-6,8,10-11H2,1H3. The molecule has 2 aromatic rings. The molecule has 114 valence electrons. The molecule has 1 unspecified atom stereocenters. The molecule has 0 bridgehead atoms. The largest absolute Gasteiger partial charge is 0.354 e. The zero-order chi connectivity index (χ0) is 15.2. The van der Waals surface area contributed by atoms with E-state index in [9.17, 15) is 4.79 Å². The topological polar surface area (TPSA) is 49.3 Å². The minimum Gasteiger partial charge on any atom is -0.354 e. The van der Waals surface area contributed by atoms with Crippen LogP contribution in [0.5, 0.6) is 0 Å². The van der Waals surface area contributed by atoms with Crippen molar-refractivity contribution in [3.05, 3.63) is 34.7 Å². The van der Waals surface area contributed by atoms with Gasteiger partial charge in [0.15, 0.2) is 5.82 Å².